The lowest BCUT2D eigenvalue weighted by Gasteiger charge is -2.30. The molecule has 17 heavy (non-hydrogen) atoms. The third-order valence-corrected chi connectivity index (χ3v) is 4.32. The number of nitrogens with one attached hydrogen (secondary N) is 1. The van der Waals surface area contributed by atoms with Gasteiger partial charge >= 0.3 is 0 Å². The van der Waals surface area contributed by atoms with Gasteiger partial charge in [0.15, 0.2) is 0 Å². The van der Waals surface area contributed by atoms with Gasteiger partial charge in [0.1, 0.15) is 5.60 Å². The molecule has 1 saturated heterocycles. The van der Waals surface area contributed by atoms with Gasteiger partial charge in [0.25, 0.3) is 0 Å². The van der Waals surface area contributed by atoms with E-state index in [0.29, 0.717) is 6.04 Å². The van der Waals surface area contributed by atoms with Crippen LogP contribution in [0.15, 0.2) is 0 Å². The summed E-state index contributed by atoms with van der Waals surface area (Å²) in [6.45, 7) is 2.55. The normalized spacial score (nSPS) is 32.3. The zero-order valence-corrected chi connectivity index (χ0v) is 11.2. The zero-order chi connectivity index (χ0) is 12.0. The van der Waals surface area contributed by atoms with Crippen LogP contribution in [0.5, 0.6) is 0 Å². The van der Waals surface area contributed by atoms with Crippen molar-refractivity contribution in [3.05, 3.63) is 0 Å². The van der Waals surface area contributed by atoms with Gasteiger partial charge in [0.05, 0.1) is 6.61 Å². The highest BCUT2D eigenvalue weighted by atomic mass is 16.5. The monoisotopic (exact) mass is 241 g/mol. The van der Waals surface area contributed by atoms with Crippen LogP contribution in [0.25, 0.3) is 0 Å². The summed E-state index contributed by atoms with van der Waals surface area (Å²) in [6, 6.07) is 0.697. The maximum Gasteiger partial charge on any atom is 0.106 e. The van der Waals surface area contributed by atoms with E-state index in [9.17, 15) is 0 Å². The van der Waals surface area contributed by atoms with Gasteiger partial charge in [-0.3, -0.25) is 0 Å². The second-order valence-corrected chi connectivity index (χ2v) is 5.61. The summed E-state index contributed by atoms with van der Waals surface area (Å²) in [6.07, 6.45) is 10.7. The summed E-state index contributed by atoms with van der Waals surface area (Å²) in [5.74, 6) is 0. The summed E-state index contributed by atoms with van der Waals surface area (Å²) >= 11 is 0. The van der Waals surface area contributed by atoms with Gasteiger partial charge in [-0.2, -0.15) is 0 Å². The van der Waals surface area contributed by atoms with Gasteiger partial charge in [-0.05, 0) is 12.8 Å². The first-order valence-corrected chi connectivity index (χ1v) is 7.21. The Kier molecular flexibility index (Phi) is 5.26. The molecule has 1 heterocycles. The van der Waals surface area contributed by atoms with Gasteiger partial charge in [0.2, 0.25) is 0 Å². The summed E-state index contributed by atoms with van der Waals surface area (Å²) < 4.78 is 11.1. The lowest BCUT2D eigenvalue weighted by Crippen LogP contribution is -2.46. The fourth-order valence-electron chi connectivity index (χ4n) is 2.95. The molecular weight excluding hydrogens is 214 g/mol. The van der Waals surface area contributed by atoms with E-state index in [1.807, 2.05) is 7.11 Å². The third-order valence-electron chi connectivity index (χ3n) is 4.32. The highest BCUT2D eigenvalue weighted by molar-refractivity contribution is 4.88. The summed E-state index contributed by atoms with van der Waals surface area (Å²) in [5, 5.41) is 3.72. The van der Waals surface area contributed by atoms with Gasteiger partial charge in [0, 0.05) is 32.7 Å². The highest BCUT2D eigenvalue weighted by Gasteiger charge is 2.35. The third kappa shape index (κ3) is 3.94. The van der Waals surface area contributed by atoms with Crippen molar-refractivity contribution in [2.24, 2.45) is 0 Å². The highest BCUT2D eigenvalue weighted by Crippen LogP contribution is 2.23. The van der Waals surface area contributed by atoms with Crippen LogP contribution >= 0.6 is 0 Å². The van der Waals surface area contributed by atoms with E-state index in [2.05, 4.69) is 5.32 Å². The summed E-state index contributed by atoms with van der Waals surface area (Å²) in [5.41, 5.74) is -0.0532. The van der Waals surface area contributed by atoms with Crippen molar-refractivity contribution in [1.29, 1.82) is 0 Å². The Morgan fingerprint density at radius 1 is 1.18 bits per heavy atom. The number of methoxy groups -OCH3 is 1. The molecule has 2 fully saturated rings. The average Bonchev–Trinajstić information content (AvgIpc) is 2.77. The number of hydrogen-bond acceptors (Lipinski definition) is 3. The number of hydrogen-bond donors (Lipinski definition) is 1. The maximum atomic E-state index is 5.66. The first-order chi connectivity index (χ1) is 8.35. The molecule has 2 aliphatic rings. The SMILES string of the molecule is COC1(CNC2CCCCCCC2)CCOC1. The maximum absolute atomic E-state index is 5.66. The van der Waals surface area contributed by atoms with Crippen LogP contribution in [0.3, 0.4) is 0 Å². The zero-order valence-electron chi connectivity index (χ0n) is 11.2. The standard InChI is InChI=1S/C14H27NO2/c1-16-14(9-10-17-12-14)11-15-13-7-5-3-2-4-6-8-13/h13,15H,2-12H2,1H3. The minimum Gasteiger partial charge on any atom is -0.378 e. The quantitative estimate of drug-likeness (QED) is 0.820. The topological polar surface area (TPSA) is 30.5 Å². The van der Waals surface area contributed by atoms with Gasteiger partial charge in [-0.15, -0.1) is 0 Å². The lowest BCUT2D eigenvalue weighted by atomic mass is 9.95. The van der Waals surface area contributed by atoms with Crippen molar-refractivity contribution in [1.82, 2.24) is 5.32 Å². The molecule has 3 nitrogen and oxygen atoms in total. The van der Waals surface area contributed by atoms with E-state index in [-0.39, 0.29) is 5.60 Å². The van der Waals surface area contributed by atoms with E-state index in [4.69, 9.17) is 9.47 Å². The van der Waals surface area contributed by atoms with Crippen LogP contribution in [0.2, 0.25) is 0 Å². The Morgan fingerprint density at radius 2 is 1.88 bits per heavy atom. The van der Waals surface area contributed by atoms with Crippen molar-refractivity contribution in [3.63, 3.8) is 0 Å². The smallest absolute Gasteiger partial charge is 0.106 e. The minimum atomic E-state index is -0.0532. The van der Waals surface area contributed by atoms with Crippen LogP contribution < -0.4 is 5.32 Å². The molecule has 0 radical (unpaired) electrons. The summed E-state index contributed by atoms with van der Waals surface area (Å²) in [7, 11) is 1.81. The number of ether oxygens (including phenoxy) is 2. The molecule has 0 aromatic carbocycles. The van der Waals surface area contributed by atoms with Crippen molar-refractivity contribution < 1.29 is 9.47 Å². The Labute approximate surface area is 105 Å². The van der Waals surface area contributed by atoms with Crippen LogP contribution in [0.1, 0.15) is 51.4 Å². The van der Waals surface area contributed by atoms with E-state index in [0.717, 1.165) is 26.2 Å². The number of rotatable bonds is 4. The molecule has 1 unspecified atom stereocenters. The molecule has 1 aliphatic heterocycles. The molecule has 1 aliphatic carbocycles. The Balaban J connectivity index is 1.75. The van der Waals surface area contributed by atoms with Crippen molar-refractivity contribution in [2.75, 3.05) is 26.9 Å². The van der Waals surface area contributed by atoms with Crippen LogP contribution in [0.4, 0.5) is 0 Å². The van der Waals surface area contributed by atoms with Crippen molar-refractivity contribution in [2.45, 2.75) is 63.0 Å². The predicted octanol–water partition coefficient (Wildman–Crippen LogP) is 2.49. The minimum absolute atomic E-state index is 0.0532. The van der Waals surface area contributed by atoms with Crippen molar-refractivity contribution in [3.8, 4) is 0 Å². The average molecular weight is 241 g/mol. The first-order valence-electron chi connectivity index (χ1n) is 7.21. The van der Waals surface area contributed by atoms with E-state index >= 15 is 0 Å². The van der Waals surface area contributed by atoms with E-state index in [1.54, 1.807) is 0 Å². The molecule has 3 heteroatoms. The van der Waals surface area contributed by atoms with Crippen molar-refractivity contribution >= 4 is 0 Å². The van der Waals surface area contributed by atoms with Gasteiger partial charge < -0.3 is 14.8 Å². The molecule has 0 spiro atoms. The van der Waals surface area contributed by atoms with Crippen LogP contribution in [0, 0.1) is 0 Å². The molecule has 1 N–H and O–H groups in total. The second kappa shape index (κ2) is 6.72. The Bertz CT molecular complexity index is 206. The molecule has 100 valence electrons. The lowest BCUT2D eigenvalue weighted by molar-refractivity contribution is -0.0179. The van der Waals surface area contributed by atoms with E-state index in [1.165, 1.54) is 44.9 Å². The molecule has 2 rings (SSSR count). The molecular formula is C14H27NO2. The molecule has 0 aromatic heterocycles. The van der Waals surface area contributed by atoms with Gasteiger partial charge in [-0.1, -0.05) is 32.1 Å². The van der Waals surface area contributed by atoms with Gasteiger partial charge in [-0.25, -0.2) is 0 Å². The fourth-order valence-corrected chi connectivity index (χ4v) is 2.95. The molecule has 0 bridgehead atoms. The molecule has 1 saturated carbocycles. The Morgan fingerprint density at radius 3 is 2.47 bits per heavy atom. The predicted molar refractivity (Wildman–Crippen MR) is 69.3 cm³/mol. The molecule has 0 aromatic rings. The van der Waals surface area contributed by atoms with Crippen LogP contribution in [-0.4, -0.2) is 38.5 Å². The fraction of sp³-hybridized carbons (Fsp3) is 1.00. The molecule has 1 atom stereocenters. The molecule has 0 amide bonds. The second-order valence-electron chi connectivity index (χ2n) is 5.61. The van der Waals surface area contributed by atoms with Crippen LogP contribution in [-0.2, 0) is 9.47 Å². The Hall–Kier alpha value is -0.120. The van der Waals surface area contributed by atoms with E-state index < -0.39 is 0 Å². The summed E-state index contributed by atoms with van der Waals surface area (Å²) in [4.78, 5) is 0. The largest absolute Gasteiger partial charge is 0.378 e. The first kappa shape index (κ1) is 13.3.